The maximum absolute atomic E-state index is 12.3. The highest BCUT2D eigenvalue weighted by molar-refractivity contribution is 5.79. The summed E-state index contributed by atoms with van der Waals surface area (Å²) < 4.78 is 2.10. The van der Waals surface area contributed by atoms with Gasteiger partial charge in [0.05, 0.1) is 5.69 Å². The fraction of sp³-hybridized carbons (Fsp3) is 0.765. The maximum atomic E-state index is 12.3. The number of carbonyl (C=O) groups excluding carboxylic acids is 1. The van der Waals surface area contributed by atoms with Crippen LogP contribution in [0, 0.1) is 6.92 Å². The maximum Gasteiger partial charge on any atom is 0.224 e. The molecule has 1 amide bonds. The first-order chi connectivity index (χ1) is 10.6. The number of carbonyl (C=O) groups is 1. The average molecular weight is 304 g/mol. The van der Waals surface area contributed by atoms with Crippen molar-refractivity contribution in [2.24, 2.45) is 7.05 Å². The van der Waals surface area contributed by atoms with E-state index in [1.807, 2.05) is 20.2 Å². The van der Waals surface area contributed by atoms with E-state index in [1.54, 1.807) is 0 Å². The highest BCUT2D eigenvalue weighted by Gasteiger charge is 2.34. The first-order valence-corrected chi connectivity index (χ1v) is 8.65. The van der Waals surface area contributed by atoms with E-state index in [2.05, 4.69) is 19.8 Å². The number of nitrogens with one attached hydrogen (secondary N) is 1. The zero-order valence-corrected chi connectivity index (χ0v) is 13.8. The van der Waals surface area contributed by atoms with Crippen LogP contribution in [0.4, 0.5) is 0 Å². The zero-order valence-electron chi connectivity index (χ0n) is 13.8. The first-order valence-electron chi connectivity index (χ1n) is 8.65. The second-order valence-electron chi connectivity index (χ2n) is 6.83. The molecule has 1 saturated carbocycles. The highest BCUT2D eigenvalue weighted by atomic mass is 16.2. The topological polar surface area (TPSA) is 50.2 Å². The summed E-state index contributed by atoms with van der Waals surface area (Å²) in [5.74, 6) is 1.37. The lowest BCUT2D eigenvalue weighted by Crippen LogP contribution is -2.38. The van der Waals surface area contributed by atoms with Gasteiger partial charge in [0.15, 0.2) is 0 Å². The van der Waals surface area contributed by atoms with E-state index in [0.29, 0.717) is 18.4 Å². The number of hydrogen-bond donors (Lipinski definition) is 1. The minimum Gasteiger partial charge on any atom is -0.338 e. The zero-order chi connectivity index (χ0) is 15.5. The van der Waals surface area contributed by atoms with Gasteiger partial charge in [-0.1, -0.05) is 25.7 Å². The van der Waals surface area contributed by atoms with Crippen LogP contribution in [0.15, 0.2) is 6.20 Å². The second-order valence-corrected chi connectivity index (χ2v) is 6.83. The molecule has 1 aromatic rings. The summed E-state index contributed by atoms with van der Waals surface area (Å²) in [6.45, 7) is 3.67. The molecule has 122 valence electrons. The summed E-state index contributed by atoms with van der Waals surface area (Å²) >= 11 is 0. The monoisotopic (exact) mass is 304 g/mol. The van der Waals surface area contributed by atoms with Crippen molar-refractivity contribution in [3.8, 4) is 0 Å². The van der Waals surface area contributed by atoms with E-state index in [1.165, 1.54) is 44.2 Å². The van der Waals surface area contributed by atoms with Crippen LogP contribution in [0.25, 0.3) is 0 Å². The molecule has 1 aliphatic carbocycles. The predicted molar refractivity (Wildman–Crippen MR) is 86.4 cm³/mol. The minimum atomic E-state index is 0.283. The number of likely N-dealkylation sites (tertiary alicyclic amines) is 1. The highest BCUT2D eigenvalue weighted by Crippen LogP contribution is 2.25. The van der Waals surface area contributed by atoms with Crippen LogP contribution in [-0.2, 0) is 18.4 Å². The molecule has 2 fully saturated rings. The smallest absolute Gasteiger partial charge is 0.224 e. The van der Waals surface area contributed by atoms with Crippen molar-refractivity contribution in [2.75, 3.05) is 6.54 Å². The molecule has 3 rings (SSSR count). The van der Waals surface area contributed by atoms with E-state index in [-0.39, 0.29) is 6.04 Å². The Balaban J connectivity index is 1.54. The molecular weight excluding hydrogens is 276 g/mol. The number of hydrogen-bond acceptors (Lipinski definition) is 3. The molecule has 0 bridgehead atoms. The number of amides is 1. The number of imidazole rings is 1. The lowest BCUT2D eigenvalue weighted by atomic mass is 10.1. The summed E-state index contributed by atoms with van der Waals surface area (Å²) in [7, 11) is 2.04. The molecule has 0 radical (unpaired) electrons. The molecule has 1 atom stereocenters. The quantitative estimate of drug-likeness (QED) is 0.867. The standard InChI is InChI=1S/C17H28N4O/c1-13-18-10-16(20(13)2)11-19-14-9-17(22)21(12-14)15-7-5-3-4-6-8-15/h10,14-15,19H,3-9,11-12H2,1-2H3/t14-/m1/s1. The summed E-state index contributed by atoms with van der Waals surface area (Å²) in [4.78, 5) is 18.8. The van der Waals surface area contributed by atoms with E-state index in [0.717, 1.165) is 18.9 Å². The Morgan fingerprint density at radius 3 is 2.64 bits per heavy atom. The van der Waals surface area contributed by atoms with E-state index >= 15 is 0 Å². The van der Waals surface area contributed by atoms with Gasteiger partial charge in [-0.2, -0.15) is 0 Å². The molecule has 5 nitrogen and oxygen atoms in total. The van der Waals surface area contributed by atoms with E-state index in [9.17, 15) is 4.79 Å². The molecule has 1 saturated heterocycles. The minimum absolute atomic E-state index is 0.283. The predicted octanol–water partition coefficient (Wildman–Crippen LogP) is 2.14. The van der Waals surface area contributed by atoms with Crippen LogP contribution in [-0.4, -0.2) is 39.0 Å². The van der Waals surface area contributed by atoms with Crippen LogP contribution in [0.2, 0.25) is 0 Å². The molecule has 5 heteroatoms. The molecule has 22 heavy (non-hydrogen) atoms. The van der Waals surface area contributed by atoms with Crippen LogP contribution >= 0.6 is 0 Å². The number of nitrogens with zero attached hydrogens (tertiary/aromatic N) is 3. The number of rotatable bonds is 4. The van der Waals surface area contributed by atoms with Gasteiger partial charge in [-0.3, -0.25) is 4.79 Å². The third-order valence-electron chi connectivity index (χ3n) is 5.31. The SMILES string of the molecule is Cc1ncc(CN[C@@H]2CC(=O)N(C3CCCCCC3)C2)n1C. The molecule has 0 spiro atoms. The Hall–Kier alpha value is -1.36. The van der Waals surface area contributed by atoms with Gasteiger partial charge >= 0.3 is 0 Å². The molecular formula is C17H28N4O. The Morgan fingerprint density at radius 2 is 2.00 bits per heavy atom. The first kappa shape index (κ1) is 15.5. The van der Waals surface area contributed by atoms with Crippen molar-refractivity contribution in [3.63, 3.8) is 0 Å². The number of aromatic nitrogens is 2. The van der Waals surface area contributed by atoms with Gasteiger partial charge < -0.3 is 14.8 Å². The van der Waals surface area contributed by atoms with Crippen LogP contribution in [0.1, 0.15) is 56.5 Å². The summed E-state index contributed by atoms with van der Waals surface area (Å²) in [6, 6.07) is 0.770. The lowest BCUT2D eigenvalue weighted by Gasteiger charge is -2.27. The molecule has 1 N–H and O–H groups in total. The summed E-state index contributed by atoms with van der Waals surface area (Å²) in [5.41, 5.74) is 1.18. The van der Waals surface area contributed by atoms with E-state index in [4.69, 9.17) is 0 Å². The summed E-state index contributed by atoms with van der Waals surface area (Å²) in [5, 5.41) is 3.54. The van der Waals surface area contributed by atoms with Gasteiger partial charge in [0.1, 0.15) is 5.82 Å². The van der Waals surface area contributed by atoms with Gasteiger partial charge in [-0.05, 0) is 19.8 Å². The molecule has 2 aliphatic rings. The van der Waals surface area contributed by atoms with Crippen molar-refractivity contribution in [1.82, 2.24) is 19.8 Å². The van der Waals surface area contributed by atoms with Crippen molar-refractivity contribution >= 4 is 5.91 Å². The molecule has 0 aromatic carbocycles. The lowest BCUT2D eigenvalue weighted by molar-refractivity contribution is -0.129. The molecule has 0 unspecified atom stereocenters. The normalized spacial score (nSPS) is 24.0. The molecule has 2 heterocycles. The van der Waals surface area contributed by atoms with Crippen LogP contribution < -0.4 is 5.32 Å². The van der Waals surface area contributed by atoms with Gasteiger partial charge in [0, 0.05) is 44.8 Å². The van der Waals surface area contributed by atoms with Crippen molar-refractivity contribution in [1.29, 1.82) is 0 Å². The van der Waals surface area contributed by atoms with E-state index < -0.39 is 0 Å². The van der Waals surface area contributed by atoms with Gasteiger partial charge in [-0.25, -0.2) is 4.98 Å². The van der Waals surface area contributed by atoms with Gasteiger partial charge in [0.2, 0.25) is 5.91 Å². The second kappa shape index (κ2) is 6.82. The molecule has 1 aliphatic heterocycles. The van der Waals surface area contributed by atoms with Gasteiger partial charge in [-0.15, -0.1) is 0 Å². The Labute approximate surface area is 133 Å². The number of aryl methyl sites for hydroxylation is 1. The largest absolute Gasteiger partial charge is 0.338 e. The van der Waals surface area contributed by atoms with Crippen molar-refractivity contribution in [3.05, 3.63) is 17.7 Å². The van der Waals surface area contributed by atoms with Crippen molar-refractivity contribution < 1.29 is 4.79 Å². The van der Waals surface area contributed by atoms with Gasteiger partial charge in [0.25, 0.3) is 0 Å². The fourth-order valence-electron chi connectivity index (χ4n) is 3.75. The fourth-order valence-corrected chi connectivity index (χ4v) is 3.75. The third kappa shape index (κ3) is 3.35. The third-order valence-corrected chi connectivity index (χ3v) is 5.31. The average Bonchev–Trinajstić information content (AvgIpc) is 2.90. The summed E-state index contributed by atoms with van der Waals surface area (Å²) in [6.07, 6.45) is 10.2. The Bertz CT molecular complexity index is 517. The Morgan fingerprint density at radius 1 is 1.27 bits per heavy atom. The molecule has 1 aromatic heterocycles. The van der Waals surface area contributed by atoms with Crippen LogP contribution in [0.5, 0.6) is 0 Å². The Kier molecular flexibility index (Phi) is 4.81. The van der Waals surface area contributed by atoms with Crippen LogP contribution in [0.3, 0.4) is 0 Å². The van der Waals surface area contributed by atoms with Crippen molar-refractivity contribution in [2.45, 2.75) is 70.5 Å².